The van der Waals surface area contributed by atoms with Gasteiger partial charge in [-0.3, -0.25) is 14.6 Å². The zero-order chi connectivity index (χ0) is 20.4. The molecule has 3 aromatic rings. The monoisotopic (exact) mass is 393 g/mol. The number of nitrogens with zero attached hydrogens (tertiary/aromatic N) is 2. The molecule has 1 aliphatic heterocycles. The van der Waals surface area contributed by atoms with Gasteiger partial charge in [0, 0.05) is 25.5 Å². The fourth-order valence-corrected chi connectivity index (χ4v) is 3.34. The average Bonchev–Trinajstić information content (AvgIpc) is 2.75. The lowest BCUT2D eigenvalue weighted by Gasteiger charge is -2.28. The Kier molecular flexibility index (Phi) is 5.03. The standard InChI is InChI=1S/C22H17F2N3O2/c23-18-6-3-7-19(24)20(18)26-21(28)16-10-17(12-25-11-16)22(29)27-9-8-14-4-1-2-5-15(14)13-27/h1-7,10-12H,8-9,13H2,(H,26,28). The van der Waals surface area contributed by atoms with E-state index in [9.17, 15) is 18.4 Å². The van der Waals surface area contributed by atoms with Crippen molar-refractivity contribution in [2.75, 3.05) is 11.9 Å². The molecule has 29 heavy (non-hydrogen) atoms. The predicted molar refractivity (Wildman–Crippen MR) is 103 cm³/mol. The van der Waals surface area contributed by atoms with Crippen molar-refractivity contribution in [3.8, 4) is 0 Å². The van der Waals surface area contributed by atoms with Crippen molar-refractivity contribution in [1.82, 2.24) is 9.88 Å². The van der Waals surface area contributed by atoms with E-state index in [1.54, 1.807) is 4.90 Å². The van der Waals surface area contributed by atoms with Gasteiger partial charge in [-0.15, -0.1) is 0 Å². The highest BCUT2D eigenvalue weighted by molar-refractivity contribution is 6.06. The average molecular weight is 393 g/mol. The minimum Gasteiger partial charge on any atom is -0.334 e. The van der Waals surface area contributed by atoms with Crippen molar-refractivity contribution in [1.29, 1.82) is 0 Å². The molecule has 0 fully saturated rings. The molecule has 1 N–H and O–H groups in total. The van der Waals surface area contributed by atoms with Gasteiger partial charge in [0.2, 0.25) is 0 Å². The van der Waals surface area contributed by atoms with Gasteiger partial charge in [-0.1, -0.05) is 30.3 Å². The number of carbonyl (C=O) groups excluding carboxylic acids is 2. The summed E-state index contributed by atoms with van der Waals surface area (Å²) in [5, 5.41) is 2.20. The van der Waals surface area contributed by atoms with Crippen molar-refractivity contribution < 1.29 is 18.4 Å². The molecule has 0 saturated carbocycles. The van der Waals surface area contributed by atoms with Crippen LogP contribution in [0.3, 0.4) is 0 Å². The van der Waals surface area contributed by atoms with Crippen molar-refractivity contribution in [2.24, 2.45) is 0 Å². The number of benzene rings is 2. The number of amides is 2. The third-order valence-corrected chi connectivity index (χ3v) is 4.87. The molecular formula is C22H17F2N3O2. The second-order valence-electron chi connectivity index (χ2n) is 6.76. The van der Waals surface area contributed by atoms with Crippen LogP contribution in [-0.4, -0.2) is 28.2 Å². The summed E-state index contributed by atoms with van der Waals surface area (Å²) in [6, 6.07) is 12.6. The molecule has 0 bridgehead atoms. The van der Waals surface area contributed by atoms with Crippen LogP contribution < -0.4 is 5.32 Å². The number of rotatable bonds is 3. The van der Waals surface area contributed by atoms with Crippen LogP contribution in [0.2, 0.25) is 0 Å². The SMILES string of the molecule is O=C(Nc1c(F)cccc1F)c1cncc(C(=O)N2CCc3ccccc3C2)c1. The maximum absolute atomic E-state index is 13.8. The molecule has 0 atom stereocenters. The fourth-order valence-electron chi connectivity index (χ4n) is 3.34. The highest BCUT2D eigenvalue weighted by atomic mass is 19.1. The highest BCUT2D eigenvalue weighted by Crippen LogP contribution is 2.21. The summed E-state index contributed by atoms with van der Waals surface area (Å²) in [5.74, 6) is -2.77. The molecule has 1 aliphatic rings. The maximum atomic E-state index is 13.8. The number of para-hydroxylation sites is 1. The lowest BCUT2D eigenvalue weighted by Crippen LogP contribution is -2.36. The molecular weight excluding hydrogens is 376 g/mol. The number of hydrogen-bond donors (Lipinski definition) is 1. The van der Waals surface area contributed by atoms with E-state index in [-0.39, 0.29) is 17.0 Å². The second-order valence-corrected chi connectivity index (χ2v) is 6.76. The van der Waals surface area contributed by atoms with Crippen LogP contribution in [0.15, 0.2) is 60.9 Å². The molecule has 0 unspecified atom stereocenters. The first-order chi connectivity index (χ1) is 14.0. The van der Waals surface area contributed by atoms with E-state index in [1.165, 1.54) is 30.1 Å². The first-order valence-corrected chi connectivity index (χ1v) is 9.09. The minimum absolute atomic E-state index is 0.0379. The van der Waals surface area contributed by atoms with Gasteiger partial charge in [-0.05, 0) is 35.7 Å². The van der Waals surface area contributed by atoms with Gasteiger partial charge in [-0.25, -0.2) is 8.78 Å². The smallest absolute Gasteiger partial charge is 0.257 e. The Bertz CT molecular complexity index is 1080. The Morgan fingerprint density at radius 3 is 2.38 bits per heavy atom. The lowest BCUT2D eigenvalue weighted by molar-refractivity contribution is 0.0734. The molecule has 1 aromatic heterocycles. The molecule has 0 spiro atoms. The van der Waals surface area contributed by atoms with Crippen LogP contribution in [0, 0.1) is 11.6 Å². The summed E-state index contributed by atoms with van der Waals surface area (Å²) in [6.07, 6.45) is 3.38. The van der Waals surface area contributed by atoms with E-state index < -0.39 is 23.2 Å². The largest absolute Gasteiger partial charge is 0.334 e. The Hall–Kier alpha value is -3.61. The molecule has 5 nitrogen and oxygen atoms in total. The van der Waals surface area contributed by atoms with E-state index in [0.29, 0.717) is 13.1 Å². The number of aromatic nitrogens is 1. The van der Waals surface area contributed by atoms with Gasteiger partial charge >= 0.3 is 0 Å². The van der Waals surface area contributed by atoms with Crippen LogP contribution in [0.1, 0.15) is 31.8 Å². The fraction of sp³-hybridized carbons (Fsp3) is 0.136. The predicted octanol–water partition coefficient (Wildman–Crippen LogP) is 3.81. The Labute approximate surface area is 166 Å². The van der Waals surface area contributed by atoms with Gasteiger partial charge in [0.15, 0.2) is 0 Å². The molecule has 0 saturated heterocycles. The molecule has 2 heterocycles. The highest BCUT2D eigenvalue weighted by Gasteiger charge is 2.23. The zero-order valence-corrected chi connectivity index (χ0v) is 15.4. The zero-order valence-electron chi connectivity index (χ0n) is 15.4. The van der Waals surface area contributed by atoms with E-state index in [4.69, 9.17) is 0 Å². The summed E-state index contributed by atoms with van der Waals surface area (Å²) in [6.45, 7) is 1.04. The minimum atomic E-state index is -0.884. The maximum Gasteiger partial charge on any atom is 0.257 e. The van der Waals surface area contributed by atoms with Gasteiger partial charge in [-0.2, -0.15) is 0 Å². The molecule has 0 radical (unpaired) electrons. The third kappa shape index (κ3) is 3.85. The van der Waals surface area contributed by atoms with Crippen molar-refractivity contribution in [2.45, 2.75) is 13.0 Å². The van der Waals surface area contributed by atoms with Gasteiger partial charge in [0.25, 0.3) is 11.8 Å². The van der Waals surface area contributed by atoms with E-state index in [0.717, 1.165) is 24.1 Å². The molecule has 0 aliphatic carbocycles. The van der Waals surface area contributed by atoms with Crippen LogP contribution >= 0.6 is 0 Å². The summed E-state index contributed by atoms with van der Waals surface area (Å²) in [5.41, 5.74) is 2.04. The molecule has 2 amide bonds. The van der Waals surface area contributed by atoms with Gasteiger partial charge in [0.05, 0.1) is 11.1 Å². The summed E-state index contributed by atoms with van der Waals surface area (Å²) >= 11 is 0. The van der Waals surface area contributed by atoms with Gasteiger partial charge in [0.1, 0.15) is 17.3 Å². The number of halogens is 2. The van der Waals surface area contributed by atoms with E-state index in [1.807, 2.05) is 24.3 Å². The van der Waals surface area contributed by atoms with Crippen molar-refractivity contribution in [3.05, 3.63) is 94.8 Å². The summed E-state index contributed by atoms with van der Waals surface area (Å²) in [4.78, 5) is 31.0. The Morgan fingerprint density at radius 1 is 0.931 bits per heavy atom. The summed E-state index contributed by atoms with van der Waals surface area (Å²) in [7, 11) is 0. The molecule has 2 aromatic carbocycles. The number of anilines is 1. The van der Waals surface area contributed by atoms with Crippen molar-refractivity contribution in [3.63, 3.8) is 0 Å². The first kappa shape index (κ1) is 18.7. The number of fused-ring (bicyclic) bond motifs is 1. The Morgan fingerprint density at radius 2 is 1.62 bits per heavy atom. The van der Waals surface area contributed by atoms with Crippen LogP contribution in [0.4, 0.5) is 14.5 Å². The van der Waals surface area contributed by atoms with Crippen LogP contribution in [-0.2, 0) is 13.0 Å². The second kappa shape index (κ2) is 7.79. The van der Waals surface area contributed by atoms with Crippen LogP contribution in [0.5, 0.6) is 0 Å². The first-order valence-electron chi connectivity index (χ1n) is 9.09. The normalized spacial score (nSPS) is 13.0. The van der Waals surface area contributed by atoms with E-state index in [2.05, 4.69) is 10.3 Å². The lowest BCUT2D eigenvalue weighted by atomic mass is 9.99. The number of nitrogens with one attached hydrogen (secondary N) is 1. The van der Waals surface area contributed by atoms with Crippen LogP contribution in [0.25, 0.3) is 0 Å². The molecule has 146 valence electrons. The molecule has 7 heteroatoms. The Balaban J connectivity index is 1.53. The topological polar surface area (TPSA) is 62.3 Å². The number of carbonyl (C=O) groups is 2. The van der Waals surface area contributed by atoms with Gasteiger partial charge < -0.3 is 10.2 Å². The number of pyridine rings is 1. The van der Waals surface area contributed by atoms with Crippen molar-refractivity contribution >= 4 is 17.5 Å². The quantitative estimate of drug-likeness (QED) is 0.736. The third-order valence-electron chi connectivity index (χ3n) is 4.87. The van der Waals surface area contributed by atoms with E-state index >= 15 is 0 Å². The number of hydrogen-bond acceptors (Lipinski definition) is 3. The molecule has 4 rings (SSSR count). The summed E-state index contributed by atoms with van der Waals surface area (Å²) < 4.78 is 27.5.